The minimum absolute atomic E-state index is 0.117. The van der Waals surface area contributed by atoms with E-state index in [4.69, 9.17) is 0 Å². The molecule has 2 fully saturated rings. The van der Waals surface area contributed by atoms with E-state index < -0.39 is 6.04 Å². The largest absolute Gasteiger partial charge is 0.327 e. The molecule has 15 heavy (non-hydrogen) atoms. The van der Waals surface area contributed by atoms with Crippen LogP contribution in [0.3, 0.4) is 0 Å². The molecule has 3 amide bonds. The van der Waals surface area contributed by atoms with E-state index in [1.807, 2.05) is 0 Å². The zero-order valence-corrected chi connectivity index (χ0v) is 8.68. The highest BCUT2D eigenvalue weighted by atomic mass is 16.2. The molecule has 1 aliphatic carbocycles. The SMILES string of the molecule is CC1C(=O)N(C2CC2)C(=O)N1CCC=O. The predicted molar refractivity (Wildman–Crippen MR) is 52.1 cm³/mol. The van der Waals surface area contributed by atoms with Crippen molar-refractivity contribution in [2.45, 2.75) is 38.3 Å². The number of carbonyl (C=O) groups excluding carboxylic acids is 3. The van der Waals surface area contributed by atoms with Gasteiger partial charge in [0.2, 0.25) is 0 Å². The molecule has 1 saturated heterocycles. The van der Waals surface area contributed by atoms with Gasteiger partial charge < -0.3 is 9.69 Å². The molecule has 0 aromatic carbocycles. The molecule has 0 aromatic rings. The van der Waals surface area contributed by atoms with E-state index in [-0.39, 0.29) is 18.0 Å². The Kier molecular flexibility index (Phi) is 2.46. The third-order valence-electron chi connectivity index (χ3n) is 2.91. The smallest absolute Gasteiger partial charge is 0.312 e. The Balaban J connectivity index is 2.09. The maximum atomic E-state index is 11.8. The third-order valence-corrected chi connectivity index (χ3v) is 2.91. The lowest BCUT2D eigenvalue weighted by atomic mass is 10.3. The summed E-state index contributed by atoms with van der Waals surface area (Å²) in [6.07, 6.45) is 2.91. The number of carbonyl (C=O) groups is 3. The standard InChI is InChI=1S/C10H14N2O3/c1-7-9(14)12(8-3-4-8)10(15)11(7)5-2-6-13/h6-8H,2-5H2,1H3. The van der Waals surface area contributed by atoms with Crippen molar-refractivity contribution in [2.75, 3.05) is 6.54 Å². The van der Waals surface area contributed by atoms with Crippen LogP contribution in [-0.4, -0.2) is 46.7 Å². The van der Waals surface area contributed by atoms with Crippen LogP contribution < -0.4 is 0 Å². The van der Waals surface area contributed by atoms with Crippen molar-refractivity contribution in [1.29, 1.82) is 0 Å². The zero-order valence-electron chi connectivity index (χ0n) is 8.68. The average Bonchev–Trinajstić information content (AvgIpc) is 2.99. The van der Waals surface area contributed by atoms with Gasteiger partial charge in [-0.15, -0.1) is 0 Å². The molecule has 2 rings (SSSR count). The van der Waals surface area contributed by atoms with Crippen LogP contribution >= 0.6 is 0 Å². The molecule has 1 unspecified atom stereocenters. The van der Waals surface area contributed by atoms with Gasteiger partial charge in [0.15, 0.2) is 0 Å². The fourth-order valence-electron chi connectivity index (χ4n) is 1.88. The fourth-order valence-corrected chi connectivity index (χ4v) is 1.88. The lowest BCUT2D eigenvalue weighted by molar-refractivity contribution is -0.128. The van der Waals surface area contributed by atoms with Gasteiger partial charge >= 0.3 is 6.03 Å². The number of nitrogens with zero attached hydrogens (tertiary/aromatic N) is 2. The number of imide groups is 1. The average molecular weight is 210 g/mol. The van der Waals surface area contributed by atoms with Gasteiger partial charge in [0.05, 0.1) is 0 Å². The molecular formula is C10H14N2O3. The van der Waals surface area contributed by atoms with Crippen LogP contribution in [-0.2, 0) is 9.59 Å². The molecule has 1 aliphatic heterocycles. The molecule has 1 atom stereocenters. The minimum Gasteiger partial charge on any atom is -0.312 e. The molecule has 0 N–H and O–H groups in total. The second-order valence-electron chi connectivity index (χ2n) is 4.05. The second kappa shape index (κ2) is 3.64. The molecule has 1 heterocycles. The number of urea groups is 1. The van der Waals surface area contributed by atoms with E-state index in [1.54, 1.807) is 6.92 Å². The van der Waals surface area contributed by atoms with Crippen LogP contribution in [0.4, 0.5) is 4.79 Å². The van der Waals surface area contributed by atoms with Crippen LogP contribution in [0, 0.1) is 0 Å². The van der Waals surface area contributed by atoms with Crippen molar-refractivity contribution in [3.05, 3.63) is 0 Å². The van der Waals surface area contributed by atoms with Crippen LogP contribution in [0.15, 0.2) is 0 Å². The van der Waals surface area contributed by atoms with E-state index in [2.05, 4.69) is 0 Å². The van der Waals surface area contributed by atoms with E-state index in [1.165, 1.54) is 9.80 Å². The maximum Gasteiger partial charge on any atom is 0.327 e. The van der Waals surface area contributed by atoms with Gasteiger partial charge in [-0.1, -0.05) is 0 Å². The first kappa shape index (κ1) is 10.1. The lowest BCUT2D eigenvalue weighted by Gasteiger charge is -2.17. The van der Waals surface area contributed by atoms with Gasteiger partial charge in [0, 0.05) is 19.0 Å². The Labute approximate surface area is 88.0 Å². The Morgan fingerprint density at radius 2 is 2.07 bits per heavy atom. The number of aldehydes is 1. The van der Waals surface area contributed by atoms with Crippen molar-refractivity contribution in [3.63, 3.8) is 0 Å². The quantitative estimate of drug-likeness (QED) is 0.498. The Bertz CT molecular complexity index is 312. The third kappa shape index (κ3) is 1.62. The van der Waals surface area contributed by atoms with Crippen LogP contribution in [0.2, 0.25) is 0 Å². The van der Waals surface area contributed by atoms with Crippen molar-refractivity contribution >= 4 is 18.2 Å². The normalized spacial score (nSPS) is 26.3. The summed E-state index contributed by atoms with van der Waals surface area (Å²) in [6, 6.07) is -0.511. The molecule has 5 heteroatoms. The molecular weight excluding hydrogens is 196 g/mol. The Morgan fingerprint density at radius 1 is 1.40 bits per heavy atom. The first-order chi connectivity index (χ1) is 7.16. The van der Waals surface area contributed by atoms with Crippen molar-refractivity contribution < 1.29 is 14.4 Å². The van der Waals surface area contributed by atoms with E-state index in [0.29, 0.717) is 13.0 Å². The van der Waals surface area contributed by atoms with Crippen molar-refractivity contribution in [3.8, 4) is 0 Å². The molecule has 2 aliphatic rings. The zero-order chi connectivity index (χ0) is 11.0. The summed E-state index contributed by atoms with van der Waals surface area (Å²) < 4.78 is 0. The van der Waals surface area contributed by atoms with E-state index in [9.17, 15) is 14.4 Å². The Hall–Kier alpha value is -1.39. The first-order valence-corrected chi connectivity index (χ1v) is 5.24. The summed E-state index contributed by atoms with van der Waals surface area (Å²) in [5.41, 5.74) is 0. The molecule has 1 saturated carbocycles. The maximum absolute atomic E-state index is 11.8. The van der Waals surface area contributed by atoms with E-state index in [0.717, 1.165) is 19.1 Å². The van der Waals surface area contributed by atoms with Gasteiger partial charge in [-0.3, -0.25) is 9.69 Å². The molecule has 0 spiro atoms. The summed E-state index contributed by atoms with van der Waals surface area (Å²) in [5.74, 6) is -0.117. The Morgan fingerprint density at radius 3 is 2.60 bits per heavy atom. The highest BCUT2D eigenvalue weighted by molar-refractivity contribution is 6.04. The first-order valence-electron chi connectivity index (χ1n) is 5.24. The fraction of sp³-hybridized carbons (Fsp3) is 0.700. The summed E-state index contributed by atoms with van der Waals surface area (Å²) in [7, 11) is 0. The second-order valence-corrected chi connectivity index (χ2v) is 4.05. The molecule has 0 radical (unpaired) electrons. The highest BCUT2D eigenvalue weighted by Crippen LogP contribution is 2.32. The van der Waals surface area contributed by atoms with Gasteiger partial charge in [-0.2, -0.15) is 0 Å². The number of hydrogen-bond acceptors (Lipinski definition) is 3. The molecule has 5 nitrogen and oxygen atoms in total. The van der Waals surface area contributed by atoms with Gasteiger partial charge in [-0.05, 0) is 19.8 Å². The van der Waals surface area contributed by atoms with Crippen molar-refractivity contribution in [2.24, 2.45) is 0 Å². The summed E-state index contributed by atoms with van der Waals surface area (Å²) in [5, 5.41) is 0. The molecule has 0 bridgehead atoms. The van der Waals surface area contributed by atoms with E-state index >= 15 is 0 Å². The monoisotopic (exact) mass is 210 g/mol. The number of hydrogen-bond donors (Lipinski definition) is 0. The van der Waals surface area contributed by atoms with Gasteiger partial charge in [0.1, 0.15) is 12.3 Å². The van der Waals surface area contributed by atoms with Crippen LogP contribution in [0.25, 0.3) is 0 Å². The molecule has 82 valence electrons. The summed E-state index contributed by atoms with van der Waals surface area (Å²) in [4.78, 5) is 36.7. The predicted octanol–water partition coefficient (Wildman–Crippen LogP) is 0.390. The number of rotatable bonds is 4. The highest BCUT2D eigenvalue weighted by Gasteiger charge is 2.48. The van der Waals surface area contributed by atoms with Crippen molar-refractivity contribution in [1.82, 2.24) is 9.80 Å². The lowest BCUT2D eigenvalue weighted by Crippen LogP contribution is -2.35. The summed E-state index contributed by atoms with van der Waals surface area (Å²) >= 11 is 0. The van der Waals surface area contributed by atoms with Crippen LogP contribution in [0.1, 0.15) is 26.2 Å². The van der Waals surface area contributed by atoms with Gasteiger partial charge in [0.25, 0.3) is 5.91 Å². The van der Waals surface area contributed by atoms with Gasteiger partial charge in [-0.25, -0.2) is 4.79 Å². The number of amides is 3. The topological polar surface area (TPSA) is 57.7 Å². The summed E-state index contributed by atoms with van der Waals surface area (Å²) in [6.45, 7) is 2.06. The molecule has 0 aromatic heterocycles. The minimum atomic E-state index is -0.405. The van der Waals surface area contributed by atoms with Crippen LogP contribution in [0.5, 0.6) is 0 Å².